The lowest BCUT2D eigenvalue weighted by molar-refractivity contribution is -0.121. The fraction of sp³-hybridized carbons (Fsp3) is 0.750. The Morgan fingerprint density at radius 3 is 3.07 bits per heavy atom. The molecule has 2 aliphatic rings. The van der Waals surface area contributed by atoms with Crippen LogP contribution < -0.4 is 5.32 Å². The molecular formula is C12H19NO. The van der Waals surface area contributed by atoms with Crippen molar-refractivity contribution in [3.05, 3.63) is 12.2 Å². The van der Waals surface area contributed by atoms with Crippen LogP contribution in [-0.2, 0) is 4.79 Å². The van der Waals surface area contributed by atoms with Crippen molar-refractivity contribution < 1.29 is 4.79 Å². The average molecular weight is 193 g/mol. The molecule has 0 saturated heterocycles. The van der Waals surface area contributed by atoms with Gasteiger partial charge in [0.15, 0.2) is 0 Å². The van der Waals surface area contributed by atoms with Crippen molar-refractivity contribution in [3.63, 3.8) is 0 Å². The summed E-state index contributed by atoms with van der Waals surface area (Å²) in [6, 6.07) is 0. The summed E-state index contributed by atoms with van der Waals surface area (Å²) in [7, 11) is 0. The number of hydrogen-bond donors (Lipinski definition) is 1. The van der Waals surface area contributed by atoms with Crippen molar-refractivity contribution in [2.24, 2.45) is 11.8 Å². The molecule has 0 heterocycles. The lowest BCUT2D eigenvalue weighted by Crippen LogP contribution is -2.49. The Bertz CT molecular complexity index is 271. The van der Waals surface area contributed by atoms with Crippen molar-refractivity contribution in [3.8, 4) is 0 Å². The van der Waals surface area contributed by atoms with Gasteiger partial charge in [-0.1, -0.05) is 12.2 Å². The average Bonchev–Trinajstić information content (AvgIpc) is 2.48. The van der Waals surface area contributed by atoms with E-state index in [9.17, 15) is 4.79 Å². The largest absolute Gasteiger partial charge is 0.351 e. The quantitative estimate of drug-likeness (QED) is 0.636. The number of carbonyl (C=O) groups excluding carboxylic acids is 1. The van der Waals surface area contributed by atoms with E-state index in [1.165, 1.54) is 12.8 Å². The van der Waals surface area contributed by atoms with Gasteiger partial charge in [0.1, 0.15) is 0 Å². The van der Waals surface area contributed by atoms with Gasteiger partial charge >= 0.3 is 0 Å². The van der Waals surface area contributed by atoms with Crippen LogP contribution in [0.2, 0.25) is 0 Å². The van der Waals surface area contributed by atoms with E-state index >= 15 is 0 Å². The molecule has 1 fully saturated rings. The lowest BCUT2D eigenvalue weighted by Gasteiger charge is -2.40. The third-order valence-electron chi connectivity index (χ3n) is 3.65. The zero-order valence-electron chi connectivity index (χ0n) is 9.05. The van der Waals surface area contributed by atoms with Gasteiger partial charge < -0.3 is 5.32 Å². The van der Waals surface area contributed by atoms with Gasteiger partial charge in [0.2, 0.25) is 5.91 Å². The van der Waals surface area contributed by atoms with Gasteiger partial charge in [0, 0.05) is 12.5 Å². The third kappa shape index (κ3) is 1.84. The molecule has 0 spiro atoms. The molecule has 0 bridgehead atoms. The van der Waals surface area contributed by atoms with Gasteiger partial charge in [-0.15, -0.1) is 0 Å². The summed E-state index contributed by atoms with van der Waals surface area (Å²) in [6.07, 6.45) is 9.37. The molecule has 0 aromatic carbocycles. The molecule has 2 aliphatic carbocycles. The van der Waals surface area contributed by atoms with Crippen LogP contribution in [0.15, 0.2) is 12.2 Å². The zero-order chi connectivity index (χ0) is 10.2. The van der Waals surface area contributed by atoms with Crippen LogP contribution in [0.3, 0.4) is 0 Å². The Hall–Kier alpha value is -0.790. The van der Waals surface area contributed by atoms with Crippen molar-refractivity contribution in [2.45, 2.75) is 45.1 Å². The van der Waals surface area contributed by atoms with E-state index in [0.29, 0.717) is 0 Å². The third-order valence-corrected chi connectivity index (χ3v) is 3.65. The van der Waals surface area contributed by atoms with Crippen molar-refractivity contribution in [1.82, 2.24) is 5.32 Å². The predicted molar refractivity (Wildman–Crippen MR) is 56.8 cm³/mol. The Morgan fingerprint density at radius 1 is 1.57 bits per heavy atom. The van der Waals surface area contributed by atoms with Crippen LogP contribution in [0.25, 0.3) is 0 Å². The fourth-order valence-electron chi connectivity index (χ4n) is 3.03. The molecule has 0 aliphatic heterocycles. The maximum absolute atomic E-state index is 11.1. The van der Waals surface area contributed by atoms with Gasteiger partial charge in [0.05, 0.1) is 0 Å². The van der Waals surface area contributed by atoms with E-state index in [0.717, 1.165) is 24.7 Å². The molecule has 78 valence electrons. The first kappa shape index (κ1) is 9.75. The minimum atomic E-state index is 0.0546. The van der Waals surface area contributed by atoms with Crippen LogP contribution in [0, 0.1) is 11.8 Å². The topological polar surface area (TPSA) is 29.1 Å². The zero-order valence-corrected chi connectivity index (χ0v) is 9.05. The highest BCUT2D eigenvalue weighted by molar-refractivity contribution is 5.73. The number of fused-ring (bicyclic) bond motifs is 1. The first-order valence-corrected chi connectivity index (χ1v) is 5.54. The number of rotatable bonds is 1. The highest BCUT2D eigenvalue weighted by Crippen LogP contribution is 2.42. The minimum Gasteiger partial charge on any atom is -0.351 e. The summed E-state index contributed by atoms with van der Waals surface area (Å²) in [4.78, 5) is 11.1. The highest BCUT2D eigenvalue weighted by Gasteiger charge is 2.38. The van der Waals surface area contributed by atoms with Gasteiger partial charge in [-0.2, -0.15) is 0 Å². The summed E-state index contributed by atoms with van der Waals surface area (Å²) < 4.78 is 0. The summed E-state index contributed by atoms with van der Waals surface area (Å²) in [5, 5.41) is 3.10. The van der Waals surface area contributed by atoms with E-state index in [-0.39, 0.29) is 11.4 Å². The number of hydrogen-bond acceptors (Lipinski definition) is 1. The Kier molecular flexibility index (Phi) is 2.38. The molecule has 1 N–H and O–H groups in total. The Labute approximate surface area is 85.8 Å². The molecule has 1 saturated carbocycles. The normalized spacial score (nSPS) is 40.7. The number of nitrogens with one attached hydrogen (secondary N) is 1. The number of amides is 1. The van der Waals surface area contributed by atoms with E-state index < -0.39 is 0 Å². The second-order valence-electron chi connectivity index (χ2n) is 5.07. The summed E-state index contributed by atoms with van der Waals surface area (Å²) in [5.41, 5.74) is 0.0546. The standard InChI is InChI=1S/C12H19NO/c1-9(14)13-12(2)7-6-10-4-3-5-11(10)8-12/h3-4,10-11H,5-8H2,1-2H3,(H,13,14). The van der Waals surface area contributed by atoms with Crippen molar-refractivity contribution in [1.29, 1.82) is 0 Å². The van der Waals surface area contributed by atoms with Gasteiger partial charge in [-0.3, -0.25) is 4.79 Å². The van der Waals surface area contributed by atoms with E-state index in [4.69, 9.17) is 0 Å². The lowest BCUT2D eigenvalue weighted by atomic mass is 9.72. The van der Waals surface area contributed by atoms with Crippen LogP contribution in [-0.4, -0.2) is 11.4 Å². The maximum Gasteiger partial charge on any atom is 0.217 e. The number of carbonyl (C=O) groups is 1. The monoisotopic (exact) mass is 193 g/mol. The van der Waals surface area contributed by atoms with E-state index in [1.54, 1.807) is 6.92 Å². The first-order valence-electron chi connectivity index (χ1n) is 5.54. The van der Waals surface area contributed by atoms with Crippen LogP contribution in [0.1, 0.15) is 39.5 Å². The van der Waals surface area contributed by atoms with Crippen molar-refractivity contribution in [2.75, 3.05) is 0 Å². The molecule has 1 amide bonds. The fourth-order valence-corrected chi connectivity index (χ4v) is 3.03. The van der Waals surface area contributed by atoms with Gasteiger partial charge in [-0.25, -0.2) is 0 Å². The SMILES string of the molecule is CC(=O)NC1(C)CCC2C=CCC2C1. The van der Waals surface area contributed by atoms with Crippen LogP contribution in [0.4, 0.5) is 0 Å². The van der Waals surface area contributed by atoms with Crippen LogP contribution in [0.5, 0.6) is 0 Å². The minimum absolute atomic E-state index is 0.0546. The molecular weight excluding hydrogens is 174 g/mol. The molecule has 2 nitrogen and oxygen atoms in total. The Morgan fingerprint density at radius 2 is 2.36 bits per heavy atom. The molecule has 0 radical (unpaired) electrons. The molecule has 2 heteroatoms. The molecule has 0 aromatic rings. The molecule has 0 aromatic heterocycles. The van der Waals surface area contributed by atoms with Crippen LogP contribution >= 0.6 is 0 Å². The highest BCUT2D eigenvalue weighted by atomic mass is 16.1. The molecule has 3 unspecified atom stereocenters. The summed E-state index contributed by atoms with van der Waals surface area (Å²) in [6.45, 7) is 3.80. The summed E-state index contributed by atoms with van der Waals surface area (Å²) >= 11 is 0. The van der Waals surface area contributed by atoms with Gasteiger partial charge in [-0.05, 0) is 44.4 Å². The molecule has 14 heavy (non-hydrogen) atoms. The number of allylic oxidation sites excluding steroid dienone is 2. The Balaban J connectivity index is 2.00. The first-order chi connectivity index (χ1) is 6.59. The smallest absolute Gasteiger partial charge is 0.217 e. The van der Waals surface area contributed by atoms with E-state index in [2.05, 4.69) is 24.4 Å². The maximum atomic E-state index is 11.1. The molecule has 3 atom stereocenters. The van der Waals surface area contributed by atoms with Crippen molar-refractivity contribution >= 4 is 5.91 Å². The molecule has 2 rings (SSSR count). The second kappa shape index (κ2) is 3.41. The van der Waals surface area contributed by atoms with E-state index in [1.807, 2.05) is 0 Å². The summed E-state index contributed by atoms with van der Waals surface area (Å²) in [5.74, 6) is 1.68. The second-order valence-corrected chi connectivity index (χ2v) is 5.07. The van der Waals surface area contributed by atoms with Gasteiger partial charge in [0.25, 0.3) is 0 Å². The predicted octanol–water partition coefficient (Wildman–Crippen LogP) is 2.26.